The van der Waals surface area contributed by atoms with E-state index in [0.29, 0.717) is 10.6 Å². The van der Waals surface area contributed by atoms with Crippen LogP contribution in [0.1, 0.15) is 5.56 Å². The number of thiol groups is 2. The summed E-state index contributed by atoms with van der Waals surface area (Å²) in [6, 6.07) is 13.4. The van der Waals surface area contributed by atoms with E-state index in [1.807, 2.05) is 30.3 Å². The summed E-state index contributed by atoms with van der Waals surface area (Å²) in [6.45, 7) is 0. The van der Waals surface area contributed by atoms with Crippen LogP contribution < -0.4 is 5.73 Å². The lowest BCUT2D eigenvalue weighted by Gasteiger charge is -2.04. The summed E-state index contributed by atoms with van der Waals surface area (Å²) in [6.07, 6.45) is 3.01. The maximum absolute atomic E-state index is 5.30. The van der Waals surface area contributed by atoms with Crippen molar-refractivity contribution < 1.29 is 0 Å². The fourth-order valence-corrected chi connectivity index (χ4v) is 2.13. The normalized spacial score (nSPS) is 11.5. The van der Waals surface area contributed by atoms with Crippen molar-refractivity contribution in [2.45, 2.75) is 9.79 Å². The Hall–Kier alpha value is -1.72. The van der Waals surface area contributed by atoms with E-state index in [2.05, 4.69) is 35.2 Å². The molecule has 0 aliphatic carbocycles. The van der Waals surface area contributed by atoms with E-state index < -0.39 is 0 Å². The van der Waals surface area contributed by atoms with Crippen LogP contribution in [0.4, 0.5) is 11.4 Å². The first-order valence-corrected chi connectivity index (χ1v) is 6.49. The minimum absolute atomic E-state index is 0.670. The Labute approximate surface area is 123 Å². The van der Waals surface area contributed by atoms with Gasteiger partial charge in [-0.3, -0.25) is 4.99 Å². The van der Waals surface area contributed by atoms with Gasteiger partial charge in [0.2, 0.25) is 0 Å². The molecule has 0 atom stereocenters. The van der Waals surface area contributed by atoms with E-state index in [0.717, 1.165) is 16.1 Å². The molecule has 3 nitrogen and oxygen atoms in total. The molecule has 0 aromatic heterocycles. The van der Waals surface area contributed by atoms with E-state index >= 15 is 0 Å². The molecule has 2 aromatic rings. The minimum Gasteiger partial charge on any atom is -0.390 e. The van der Waals surface area contributed by atoms with Crippen molar-refractivity contribution in [2.75, 3.05) is 0 Å². The third-order valence-electron chi connectivity index (χ3n) is 2.44. The quantitative estimate of drug-likeness (QED) is 0.450. The molecule has 0 saturated heterocycles. The summed E-state index contributed by atoms with van der Waals surface area (Å²) >= 11 is 8.70. The molecule has 0 bridgehead atoms. The van der Waals surface area contributed by atoms with Gasteiger partial charge in [0.15, 0.2) is 0 Å². The molecule has 0 radical (unpaired) electrons. The summed E-state index contributed by atoms with van der Waals surface area (Å²) in [5.41, 5.74) is 7.72. The predicted octanol–water partition coefficient (Wildman–Crippen LogP) is 3.63. The van der Waals surface area contributed by atoms with Gasteiger partial charge >= 0.3 is 0 Å². The average Bonchev–Trinajstić information content (AvgIpc) is 2.42. The zero-order chi connectivity index (χ0) is 13.7. The molecular formula is C14H13N3S2. The molecule has 2 aromatic carbocycles. The maximum atomic E-state index is 5.30. The van der Waals surface area contributed by atoms with Crippen molar-refractivity contribution >= 4 is 49.2 Å². The SMILES string of the molecule is NC=Nc1cc(N=Cc2ccccc2)c(S)cc1S. The summed E-state index contributed by atoms with van der Waals surface area (Å²) < 4.78 is 0. The highest BCUT2D eigenvalue weighted by Gasteiger charge is 2.03. The lowest BCUT2D eigenvalue weighted by Crippen LogP contribution is -1.87. The molecule has 0 unspecified atom stereocenters. The highest BCUT2D eigenvalue weighted by molar-refractivity contribution is 7.81. The summed E-state index contributed by atoms with van der Waals surface area (Å²) in [4.78, 5) is 9.90. The van der Waals surface area contributed by atoms with Crippen LogP contribution in [0.2, 0.25) is 0 Å². The molecule has 0 aliphatic heterocycles. The van der Waals surface area contributed by atoms with Gasteiger partial charge in [0.05, 0.1) is 17.7 Å². The standard InChI is InChI=1S/C14H13N3S2/c15-9-17-12-6-11(13(18)7-14(12)19)16-8-10-4-2-1-3-5-10/h1-9,18-19H,(H2,15,17). The summed E-state index contributed by atoms with van der Waals surface area (Å²) in [7, 11) is 0. The van der Waals surface area contributed by atoms with Crippen LogP contribution in [-0.4, -0.2) is 12.6 Å². The number of aliphatic imine (C=N–C) groups is 2. The number of hydrogen-bond donors (Lipinski definition) is 3. The predicted molar refractivity (Wildman–Crippen MR) is 87.0 cm³/mol. The van der Waals surface area contributed by atoms with Crippen LogP contribution in [0.5, 0.6) is 0 Å². The number of nitrogens with zero attached hydrogens (tertiary/aromatic N) is 2. The van der Waals surface area contributed by atoms with Crippen LogP contribution in [-0.2, 0) is 0 Å². The first kappa shape index (κ1) is 13.7. The van der Waals surface area contributed by atoms with E-state index in [4.69, 9.17) is 5.73 Å². The average molecular weight is 287 g/mol. The monoisotopic (exact) mass is 287 g/mol. The Morgan fingerprint density at radius 2 is 1.53 bits per heavy atom. The maximum Gasteiger partial charge on any atom is 0.0860 e. The summed E-state index contributed by atoms with van der Waals surface area (Å²) in [5.74, 6) is 0. The molecule has 0 aliphatic rings. The van der Waals surface area contributed by atoms with E-state index in [9.17, 15) is 0 Å². The zero-order valence-corrected chi connectivity index (χ0v) is 11.9. The third kappa shape index (κ3) is 3.62. The van der Waals surface area contributed by atoms with Gasteiger partial charge in [-0.2, -0.15) is 0 Å². The highest BCUT2D eigenvalue weighted by Crippen LogP contribution is 2.33. The van der Waals surface area contributed by atoms with Gasteiger partial charge in [0.1, 0.15) is 0 Å². The molecule has 0 heterocycles. The van der Waals surface area contributed by atoms with Gasteiger partial charge in [-0.05, 0) is 17.7 Å². The second-order valence-corrected chi connectivity index (χ2v) is 4.74. The van der Waals surface area contributed by atoms with Crippen molar-refractivity contribution in [3.63, 3.8) is 0 Å². The molecule has 5 heteroatoms. The van der Waals surface area contributed by atoms with E-state index in [1.165, 1.54) is 6.34 Å². The highest BCUT2D eigenvalue weighted by atomic mass is 32.1. The Kier molecular flexibility index (Phi) is 4.65. The minimum atomic E-state index is 0.670. The van der Waals surface area contributed by atoms with E-state index in [-0.39, 0.29) is 0 Å². The fraction of sp³-hybridized carbons (Fsp3) is 0. The van der Waals surface area contributed by atoms with Crippen molar-refractivity contribution in [1.29, 1.82) is 0 Å². The molecule has 2 rings (SSSR count). The van der Waals surface area contributed by atoms with Gasteiger partial charge in [-0.1, -0.05) is 30.3 Å². The lowest BCUT2D eigenvalue weighted by atomic mass is 10.2. The zero-order valence-electron chi connectivity index (χ0n) is 10.1. The van der Waals surface area contributed by atoms with Crippen molar-refractivity contribution in [3.05, 3.63) is 48.0 Å². The van der Waals surface area contributed by atoms with Gasteiger partial charge in [0.25, 0.3) is 0 Å². The van der Waals surface area contributed by atoms with Crippen LogP contribution >= 0.6 is 25.3 Å². The van der Waals surface area contributed by atoms with Gasteiger partial charge in [0, 0.05) is 16.0 Å². The van der Waals surface area contributed by atoms with Crippen LogP contribution in [0.25, 0.3) is 0 Å². The Morgan fingerprint density at radius 3 is 2.16 bits per heavy atom. The molecule has 0 fully saturated rings. The molecule has 0 amide bonds. The molecule has 2 N–H and O–H groups in total. The molecule has 0 spiro atoms. The molecule has 19 heavy (non-hydrogen) atoms. The van der Waals surface area contributed by atoms with Crippen LogP contribution in [0.15, 0.2) is 62.2 Å². The van der Waals surface area contributed by atoms with E-state index in [1.54, 1.807) is 18.3 Å². The molecule has 96 valence electrons. The second kappa shape index (κ2) is 6.45. The second-order valence-electron chi connectivity index (χ2n) is 3.78. The first-order chi connectivity index (χ1) is 9.20. The van der Waals surface area contributed by atoms with Gasteiger partial charge < -0.3 is 5.73 Å². The third-order valence-corrected chi connectivity index (χ3v) is 3.15. The smallest absolute Gasteiger partial charge is 0.0860 e. The first-order valence-electron chi connectivity index (χ1n) is 5.60. The van der Waals surface area contributed by atoms with Crippen molar-refractivity contribution in [3.8, 4) is 0 Å². The van der Waals surface area contributed by atoms with Crippen LogP contribution in [0, 0.1) is 0 Å². The van der Waals surface area contributed by atoms with Crippen LogP contribution in [0.3, 0.4) is 0 Å². The fourth-order valence-electron chi connectivity index (χ4n) is 1.53. The topological polar surface area (TPSA) is 50.7 Å². The number of hydrogen-bond acceptors (Lipinski definition) is 4. The van der Waals surface area contributed by atoms with Gasteiger partial charge in [-0.25, -0.2) is 4.99 Å². The number of benzene rings is 2. The Bertz CT molecular complexity index is 622. The summed E-state index contributed by atoms with van der Waals surface area (Å²) in [5, 5.41) is 0. The number of nitrogens with two attached hydrogens (primary N) is 1. The molecular weight excluding hydrogens is 274 g/mol. The van der Waals surface area contributed by atoms with Crippen molar-refractivity contribution in [1.82, 2.24) is 0 Å². The largest absolute Gasteiger partial charge is 0.390 e. The van der Waals surface area contributed by atoms with Crippen molar-refractivity contribution in [2.24, 2.45) is 15.7 Å². The Balaban J connectivity index is 2.35. The Morgan fingerprint density at radius 1 is 0.895 bits per heavy atom. The lowest BCUT2D eigenvalue weighted by molar-refractivity contribution is 1.28. The van der Waals surface area contributed by atoms with Gasteiger partial charge in [-0.15, -0.1) is 25.3 Å². The number of rotatable bonds is 3. The molecule has 0 saturated carbocycles.